The molecule has 1 aromatic carbocycles. The molecule has 13 atom stereocenters. The van der Waals surface area contributed by atoms with Gasteiger partial charge in [0.1, 0.15) is 35.6 Å². The summed E-state index contributed by atoms with van der Waals surface area (Å²) in [5.41, 5.74) is -6.29. The van der Waals surface area contributed by atoms with Crippen molar-refractivity contribution in [2.24, 2.45) is 22.7 Å². The number of esters is 3. The first-order valence-corrected chi connectivity index (χ1v) is 22.3. The zero-order valence-corrected chi connectivity index (χ0v) is 38.2. The van der Waals surface area contributed by atoms with Crippen LogP contribution in [0.2, 0.25) is 0 Å². The molecule has 2 saturated carbocycles. The molecule has 6 rings (SSSR count). The van der Waals surface area contributed by atoms with E-state index in [9.17, 15) is 34.5 Å². The van der Waals surface area contributed by atoms with Gasteiger partial charge >= 0.3 is 24.0 Å². The van der Waals surface area contributed by atoms with Crippen molar-refractivity contribution < 1.29 is 67.7 Å². The quantitative estimate of drug-likeness (QED) is 0.0814. The van der Waals surface area contributed by atoms with Crippen LogP contribution in [0.4, 0.5) is 4.79 Å². The van der Waals surface area contributed by atoms with E-state index in [0.29, 0.717) is 17.6 Å². The van der Waals surface area contributed by atoms with Gasteiger partial charge in [-0.05, 0) is 76.2 Å². The van der Waals surface area contributed by atoms with Crippen LogP contribution in [0, 0.1) is 22.7 Å². The molecule has 346 valence electrons. The SMILES string of the molecule is CCCCC[C@H]1O[C@H]2C[C@H]3OC[C@@]3(OC(C)=O)[C@H]3[C@H](OC(=O)c4ccccc4)[C@]4(O)C[C@H](OC(=O)[C@H](O)[C@H](CC(C)C)NC(=O)OC(C)(C)C)C(C)=C([C@@H](O)[C@H](O1)[C@]23C)C4(C)C. The molecule has 0 aromatic heterocycles. The fourth-order valence-corrected chi connectivity index (χ4v) is 11.1. The molecule has 15 nitrogen and oxygen atoms in total. The Bertz CT molecular complexity index is 1860. The highest BCUT2D eigenvalue weighted by atomic mass is 16.7. The second-order valence-electron chi connectivity index (χ2n) is 20.3. The van der Waals surface area contributed by atoms with Gasteiger partial charge in [0.2, 0.25) is 0 Å². The maximum Gasteiger partial charge on any atom is 0.407 e. The number of amides is 1. The lowest BCUT2D eigenvalue weighted by molar-refractivity contribution is -0.411. The van der Waals surface area contributed by atoms with Gasteiger partial charge in [0, 0.05) is 30.6 Å². The Hall–Kier alpha value is -3.60. The van der Waals surface area contributed by atoms with Crippen molar-refractivity contribution in [2.45, 2.75) is 193 Å². The van der Waals surface area contributed by atoms with Gasteiger partial charge in [0.25, 0.3) is 0 Å². The first-order chi connectivity index (χ1) is 28.9. The number of benzene rings is 1. The molecule has 2 aliphatic heterocycles. The number of aliphatic hydroxyl groups excluding tert-OH is 2. The number of alkyl carbamates (subject to hydrolysis) is 1. The fourth-order valence-electron chi connectivity index (χ4n) is 11.1. The van der Waals surface area contributed by atoms with E-state index in [1.54, 1.807) is 71.9 Å². The minimum Gasteiger partial charge on any atom is -0.456 e. The van der Waals surface area contributed by atoms with E-state index in [0.717, 1.165) is 19.3 Å². The van der Waals surface area contributed by atoms with Crippen LogP contribution < -0.4 is 5.32 Å². The summed E-state index contributed by atoms with van der Waals surface area (Å²) in [5.74, 6) is -3.66. The van der Waals surface area contributed by atoms with Crippen LogP contribution in [0.15, 0.2) is 41.5 Å². The van der Waals surface area contributed by atoms with Gasteiger partial charge in [-0.2, -0.15) is 0 Å². The van der Waals surface area contributed by atoms with Crippen molar-refractivity contribution in [3.63, 3.8) is 0 Å². The van der Waals surface area contributed by atoms with Crippen LogP contribution >= 0.6 is 0 Å². The van der Waals surface area contributed by atoms with E-state index < -0.39 is 113 Å². The largest absolute Gasteiger partial charge is 0.456 e. The van der Waals surface area contributed by atoms with E-state index in [1.165, 1.54) is 6.92 Å². The summed E-state index contributed by atoms with van der Waals surface area (Å²) in [7, 11) is 0. The summed E-state index contributed by atoms with van der Waals surface area (Å²) >= 11 is 0. The van der Waals surface area contributed by atoms with E-state index >= 15 is 0 Å². The number of fused-ring (bicyclic) bond motifs is 4. The van der Waals surface area contributed by atoms with Crippen LogP contribution in [0.1, 0.15) is 131 Å². The highest BCUT2D eigenvalue weighted by Crippen LogP contribution is 2.67. The highest BCUT2D eigenvalue weighted by Gasteiger charge is 2.79. The zero-order valence-electron chi connectivity index (χ0n) is 38.2. The zero-order chi connectivity index (χ0) is 45.7. The monoisotopic (exact) mass is 871 g/mol. The molecule has 0 spiro atoms. The molecule has 0 radical (unpaired) electrons. The Morgan fingerprint density at radius 1 is 1.00 bits per heavy atom. The van der Waals surface area contributed by atoms with Crippen molar-refractivity contribution in [3.8, 4) is 0 Å². The molecule has 5 aliphatic rings. The van der Waals surface area contributed by atoms with Crippen molar-refractivity contribution in [1.29, 1.82) is 0 Å². The number of hydrogen-bond donors (Lipinski definition) is 4. The van der Waals surface area contributed by atoms with Gasteiger partial charge in [-0.1, -0.05) is 72.6 Å². The number of carbonyl (C=O) groups is 4. The molecule has 2 bridgehead atoms. The third-order valence-electron chi connectivity index (χ3n) is 14.0. The van der Waals surface area contributed by atoms with Gasteiger partial charge in [-0.3, -0.25) is 4.79 Å². The molecule has 1 amide bonds. The Balaban J connectivity index is 1.51. The van der Waals surface area contributed by atoms with Gasteiger partial charge in [0.05, 0.1) is 36.3 Å². The van der Waals surface area contributed by atoms with Crippen LogP contribution in [0.25, 0.3) is 0 Å². The van der Waals surface area contributed by atoms with Crippen LogP contribution in [-0.4, -0.2) is 118 Å². The maximum absolute atomic E-state index is 14.4. The number of hydrogen-bond acceptors (Lipinski definition) is 14. The lowest BCUT2D eigenvalue weighted by Gasteiger charge is -2.71. The number of aliphatic hydroxyl groups is 3. The van der Waals surface area contributed by atoms with Crippen LogP contribution in [0.3, 0.4) is 0 Å². The standard InChI is InChI=1S/C47H69NO14/c1-12-13-15-20-33-58-31-22-32-46(24-56-32,61-27(5)49)37-39(60-40(52)28-18-16-14-17-19-28)47(55)23-30(26(4)34(44(47,9)10)36(51)38(59-33)45(31,37)11)57-41(53)35(50)29(21-25(2)3)48-42(54)62-43(6,7)8/h14,16-19,25,29-33,35-39,50-51,55H,12-13,15,20-24H2,1-11H3,(H,48,54)/t29-,30-,31-,32+,33-,35+,36+,37-,38-,39-,45+,46-,47+/m0/s1. The molecule has 2 saturated heterocycles. The molecule has 2 heterocycles. The summed E-state index contributed by atoms with van der Waals surface area (Å²) < 4.78 is 44.4. The molecule has 4 fully saturated rings. The summed E-state index contributed by atoms with van der Waals surface area (Å²) in [6.07, 6.45) is -6.89. The molecular formula is C47H69NO14. The molecular weight excluding hydrogens is 803 g/mol. The molecule has 62 heavy (non-hydrogen) atoms. The second kappa shape index (κ2) is 17.8. The molecule has 3 aliphatic carbocycles. The Morgan fingerprint density at radius 2 is 1.68 bits per heavy atom. The Labute approximate surface area is 365 Å². The summed E-state index contributed by atoms with van der Waals surface area (Å²) in [4.78, 5) is 54.7. The van der Waals surface area contributed by atoms with Crippen molar-refractivity contribution in [1.82, 2.24) is 5.32 Å². The predicted molar refractivity (Wildman–Crippen MR) is 224 cm³/mol. The summed E-state index contributed by atoms with van der Waals surface area (Å²) in [6, 6.07) is 7.19. The number of carbonyl (C=O) groups excluding carboxylic acids is 4. The number of unbranched alkanes of at least 4 members (excludes halogenated alkanes) is 2. The third kappa shape index (κ3) is 8.66. The van der Waals surface area contributed by atoms with Crippen molar-refractivity contribution in [3.05, 3.63) is 47.0 Å². The molecule has 0 unspecified atom stereocenters. The van der Waals surface area contributed by atoms with Gasteiger partial charge in [-0.25, -0.2) is 14.4 Å². The molecule has 1 aromatic rings. The second-order valence-corrected chi connectivity index (χ2v) is 20.3. The van der Waals surface area contributed by atoms with E-state index in [-0.39, 0.29) is 37.4 Å². The third-order valence-corrected chi connectivity index (χ3v) is 14.0. The van der Waals surface area contributed by atoms with Crippen LogP contribution in [-0.2, 0) is 42.7 Å². The lowest BCUT2D eigenvalue weighted by Crippen LogP contribution is -2.83. The van der Waals surface area contributed by atoms with Gasteiger partial charge < -0.3 is 53.8 Å². The van der Waals surface area contributed by atoms with Crippen molar-refractivity contribution in [2.75, 3.05) is 6.61 Å². The topological polar surface area (TPSA) is 206 Å². The predicted octanol–water partition coefficient (Wildman–Crippen LogP) is 5.69. The van der Waals surface area contributed by atoms with E-state index in [4.69, 9.17) is 33.2 Å². The Kier molecular flexibility index (Phi) is 13.7. The minimum absolute atomic E-state index is 0.0676. The first-order valence-electron chi connectivity index (χ1n) is 22.3. The average molecular weight is 872 g/mol. The first kappa shape index (κ1) is 47.9. The van der Waals surface area contributed by atoms with Crippen LogP contribution in [0.5, 0.6) is 0 Å². The Morgan fingerprint density at radius 3 is 2.26 bits per heavy atom. The maximum atomic E-state index is 14.4. The molecule has 4 N–H and O–H groups in total. The van der Waals surface area contributed by atoms with Crippen molar-refractivity contribution >= 4 is 24.0 Å². The minimum atomic E-state index is -2.17. The highest BCUT2D eigenvalue weighted by molar-refractivity contribution is 5.89. The number of rotatable bonds is 13. The summed E-state index contributed by atoms with van der Waals surface area (Å²) in [5, 5.41) is 41.0. The number of nitrogens with one attached hydrogen (secondary N) is 1. The van der Waals surface area contributed by atoms with Gasteiger partial charge in [0.15, 0.2) is 18.0 Å². The average Bonchev–Trinajstić information content (AvgIpc) is 3.16. The van der Waals surface area contributed by atoms with Gasteiger partial charge in [-0.15, -0.1) is 0 Å². The van der Waals surface area contributed by atoms with E-state index in [2.05, 4.69) is 12.2 Å². The molecule has 15 heteroatoms. The normalized spacial score (nSPS) is 35.7. The number of ether oxygens (including phenoxy) is 7. The lowest BCUT2D eigenvalue weighted by atomic mass is 9.44. The van der Waals surface area contributed by atoms with E-state index in [1.807, 2.05) is 20.8 Å². The smallest absolute Gasteiger partial charge is 0.407 e. The fraction of sp³-hybridized carbons (Fsp3) is 0.745. The summed E-state index contributed by atoms with van der Waals surface area (Å²) in [6.45, 7) is 19.2.